The van der Waals surface area contributed by atoms with Gasteiger partial charge in [0.25, 0.3) is 0 Å². The molecule has 29 heavy (non-hydrogen) atoms. The SMILES string of the molecule is COc1ccc(CC(=O)N(CC(=O)N(Cc2cccn2C)C2CC2)C2CC2)cc1. The highest BCUT2D eigenvalue weighted by atomic mass is 16.5. The van der Waals surface area contributed by atoms with Crippen LogP contribution in [0.3, 0.4) is 0 Å². The topological polar surface area (TPSA) is 54.8 Å². The van der Waals surface area contributed by atoms with Crippen molar-refractivity contribution in [1.82, 2.24) is 14.4 Å². The fraction of sp³-hybridized carbons (Fsp3) is 0.478. The van der Waals surface area contributed by atoms with E-state index in [9.17, 15) is 9.59 Å². The first-order valence-electron chi connectivity index (χ1n) is 10.4. The van der Waals surface area contributed by atoms with Gasteiger partial charge >= 0.3 is 0 Å². The van der Waals surface area contributed by atoms with E-state index in [4.69, 9.17) is 4.74 Å². The summed E-state index contributed by atoms with van der Waals surface area (Å²) >= 11 is 0. The molecular weight excluding hydrogens is 366 g/mol. The molecule has 0 saturated heterocycles. The smallest absolute Gasteiger partial charge is 0.242 e. The van der Waals surface area contributed by atoms with Crippen LogP contribution in [0.5, 0.6) is 5.75 Å². The highest BCUT2D eigenvalue weighted by Crippen LogP contribution is 2.31. The predicted molar refractivity (Wildman–Crippen MR) is 110 cm³/mol. The average Bonchev–Trinajstić information content (AvgIpc) is 3.64. The maximum Gasteiger partial charge on any atom is 0.242 e. The normalized spacial score (nSPS) is 15.8. The molecule has 6 heteroatoms. The van der Waals surface area contributed by atoms with Crippen LogP contribution >= 0.6 is 0 Å². The number of amides is 2. The largest absolute Gasteiger partial charge is 0.497 e. The summed E-state index contributed by atoms with van der Waals surface area (Å²) in [5, 5.41) is 0. The van der Waals surface area contributed by atoms with E-state index in [-0.39, 0.29) is 24.4 Å². The van der Waals surface area contributed by atoms with Gasteiger partial charge in [-0.25, -0.2) is 0 Å². The summed E-state index contributed by atoms with van der Waals surface area (Å²) < 4.78 is 7.23. The molecule has 2 aromatic rings. The number of benzene rings is 1. The Labute approximate surface area is 172 Å². The zero-order chi connectivity index (χ0) is 20.4. The number of rotatable bonds is 9. The Morgan fingerprint density at radius 3 is 2.21 bits per heavy atom. The molecule has 0 spiro atoms. The molecule has 0 radical (unpaired) electrons. The highest BCUT2D eigenvalue weighted by Gasteiger charge is 2.38. The van der Waals surface area contributed by atoms with Gasteiger partial charge in [0.1, 0.15) is 12.3 Å². The predicted octanol–water partition coefficient (Wildman–Crippen LogP) is 2.76. The van der Waals surface area contributed by atoms with Crippen molar-refractivity contribution >= 4 is 11.8 Å². The lowest BCUT2D eigenvalue weighted by atomic mass is 10.1. The highest BCUT2D eigenvalue weighted by molar-refractivity contribution is 5.86. The Morgan fingerprint density at radius 2 is 1.66 bits per heavy atom. The lowest BCUT2D eigenvalue weighted by Gasteiger charge is -2.28. The van der Waals surface area contributed by atoms with Gasteiger partial charge in [-0.1, -0.05) is 12.1 Å². The second-order valence-corrected chi connectivity index (χ2v) is 8.14. The molecule has 1 heterocycles. The Balaban J connectivity index is 1.41. The third-order valence-electron chi connectivity index (χ3n) is 5.82. The molecule has 0 atom stereocenters. The second kappa shape index (κ2) is 8.31. The Kier molecular flexibility index (Phi) is 5.60. The van der Waals surface area contributed by atoms with Crippen molar-refractivity contribution in [3.8, 4) is 5.75 Å². The number of carbonyl (C=O) groups excluding carboxylic acids is 2. The first-order chi connectivity index (χ1) is 14.0. The molecule has 2 saturated carbocycles. The van der Waals surface area contributed by atoms with Gasteiger partial charge in [-0.05, 0) is 55.5 Å². The lowest BCUT2D eigenvalue weighted by Crippen LogP contribution is -2.45. The molecule has 0 aliphatic heterocycles. The average molecular weight is 396 g/mol. The summed E-state index contributed by atoms with van der Waals surface area (Å²) in [6.07, 6.45) is 6.40. The van der Waals surface area contributed by atoms with Crippen LogP contribution < -0.4 is 4.74 Å². The molecular formula is C23H29N3O3. The first-order valence-corrected chi connectivity index (χ1v) is 10.4. The summed E-state index contributed by atoms with van der Waals surface area (Å²) in [6, 6.07) is 12.1. The summed E-state index contributed by atoms with van der Waals surface area (Å²) in [5.74, 6) is 0.862. The van der Waals surface area contributed by atoms with Crippen LogP contribution in [0, 0.1) is 0 Å². The van der Waals surface area contributed by atoms with Crippen molar-refractivity contribution < 1.29 is 14.3 Å². The number of hydrogen-bond donors (Lipinski definition) is 0. The minimum atomic E-state index is 0.0284. The van der Waals surface area contributed by atoms with Crippen molar-refractivity contribution in [3.05, 3.63) is 53.9 Å². The third kappa shape index (κ3) is 4.81. The molecule has 2 aliphatic rings. The van der Waals surface area contributed by atoms with Gasteiger partial charge in [0, 0.05) is 31.0 Å². The van der Waals surface area contributed by atoms with Crippen molar-refractivity contribution in [2.45, 2.75) is 50.7 Å². The quantitative estimate of drug-likeness (QED) is 0.656. The van der Waals surface area contributed by atoms with Crippen LogP contribution in [0.15, 0.2) is 42.6 Å². The van der Waals surface area contributed by atoms with Gasteiger partial charge in [-0.2, -0.15) is 0 Å². The molecule has 0 unspecified atom stereocenters. The monoisotopic (exact) mass is 395 g/mol. The molecule has 0 bridgehead atoms. The van der Waals surface area contributed by atoms with E-state index >= 15 is 0 Å². The zero-order valence-electron chi connectivity index (χ0n) is 17.2. The fourth-order valence-corrected chi connectivity index (χ4v) is 3.71. The molecule has 4 rings (SSSR count). The minimum Gasteiger partial charge on any atom is -0.497 e. The number of aromatic nitrogens is 1. The molecule has 1 aromatic carbocycles. The lowest BCUT2D eigenvalue weighted by molar-refractivity contribution is -0.141. The van der Waals surface area contributed by atoms with Gasteiger partial charge in [0.15, 0.2) is 0 Å². The van der Waals surface area contributed by atoms with E-state index in [2.05, 4.69) is 10.6 Å². The van der Waals surface area contributed by atoms with E-state index in [1.807, 2.05) is 48.5 Å². The van der Waals surface area contributed by atoms with Crippen LogP contribution in [0.4, 0.5) is 0 Å². The van der Waals surface area contributed by atoms with Crippen LogP contribution in [0.1, 0.15) is 36.9 Å². The molecule has 2 amide bonds. The molecule has 6 nitrogen and oxygen atoms in total. The van der Waals surface area contributed by atoms with Crippen LogP contribution in [0.25, 0.3) is 0 Å². The van der Waals surface area contributed by atoms with E-state index in [0.717, 1.165) is 42.7 Å². The number of hydrogen-bond acceptors (Lipinski definition) is 3. The molecule has 0 N–H and O–H groups in total. The van der Waals surface area contributed by atoms with Crippen LogP contribution in [-0.4, -0.2) is 51.9 Å². The molecule has 154 valence electrons. The maximum atomic E-state index is 13.2. The first kappa shape index (κ1) is 19.6. The second-order valence-electron chi connectivity index (χ2n) is 8.14. The van der Waals surface area contributed by atoms with Gasteiger partial charge in [0.05, 0.1) is 20.1 Å². The van der Waals surface area contributed by atoms with Gasteiger partial charge < -0.3 is 19.1 Å². The van der Waals surface area contributed by atoms with Gasteiger partial charge in [-0.15, -0.1) is 0 Å². The number of nitrogens with zero attached hydrogens (tertiary/aromatic N) is 3. The fourth-order valence-electron chi connectivity index (χ4n) is 3.71. The summed E-state index contributed by atoms with van der Waals surface area (Å²) in [6.45, 7) is 0.790. The number of methoxy groups -OCH3 is 1. The van der Waals surface area contributed by atoms with E-state index in [1.165, 1.54) is 0 Å². The maximum absolute atomic E-state index is 13.2. The summed E-state index contributed by atoms with van der Waals surface area (Å²) in [4.78, 5) is 29.9. The Hall–Kier alpha value is -2.76. The molecule has 1 aromatic heterocycles. The van der Waals surface area contributed by atoms with Crippen LogP contribution in [-0.2, 0) is 29.6 Å². The van der Waals surface area contributed by atoms with Crippen LogP contribution in [0.2, 0.25) is 0 Å². The zero-order valence-corrected chi connectivity index (χ0v) is 17.2. The van der Waals surface area contributed by atoms with Crippen molar-refractivity contribution in [1.29, 1.82) is 0 Å². The molecule has 2 fully saturated rings. The van der Waals surface area contributed by atoms with E-state index in [1.54, 1.807) is 12.0 Å². The summed E-state index contributed by atoms with van der Waals surface area (Å²) in [5.41, 5.74) is 2.06. The van der Waals surface area contributed by atoms with E-state index in [0.29, 0.717) is 19.0 Å². The molecule has 2 aliphatic carbocycles. The van der Waals surface area contributed by atoms with Crippen molar-refractivity contribution in [2.75, 3.05) is 13.7 Å². The summed E-state index contributed by atoms with van der Waals surface area (Å²) in [7, 11) is 3.63. The van der Waals surface area contributed by atoms with Gasteiger partial charge in [0.2, 0.25) is 11.8 Å². The van der Waals surface area contributed by atoms with Crippen molar-refractivity contribution in [3.63, 3.8) is 0 Å². The van der Waals surface area contributed by atoms with E-state index < -0.39 is 0 Å². The van der Waals surface area contributed by atoms with Crippen molar-refractivity contribution in [2.24, 2.45) is 7.05 Å². The number of ether oxygens (including phenoxy) is 1. The van der Waals surface area contributed by atoms with Gasteiger partial charge in [-0.3, -0.25) is 9.59 Å². The Bertz CT molecular complexity index is 866. The Morgan fingerprint density at radius 1 is 1.00 bits per heavy atom. The standard InChI is InChI=1S/C23H29N3O3/c1-24-13-3-4-20(24)15-25(18-7-8-18)23(28)16-26(19-9-10-19)22(27)14-17-5-11-21(29-2)12-6-17/h3-6,11-13,18-19H,7-10,14-16H2,1-2H3. The third-order valence-corrected chi connectivity index (χ3v) is 5.82. The number of carbonyl (C=O) groups is 2. The number of aryl methyl sites for hydroxylation is 1. The minimum absolute atomic E-state index is 0.0284.